The van der Waals surface area contributed by atoms with Crippen LogP contribution in [0.25, 0.3) is 10.2 Å². The molecule has 0 amide bonds. The number of carboxylic acids is 1. The fraction of sp³-hybridized carbons (Fsp3) is 0.188. The summed E-state index contributed by atoms with van der Waals surface area (Å²) in [6.07, 6.45) is -0.0101. The largest absolute Gasteiger partial charge is 0.477 e. The second kappa shape index (κ2) is 6.76. The smallest absolute Gasteiger partial charge is 0.446 e. The minimum Gasteiger partial charge on any atom is -0.477 e. The van der Waals surface area contributed by atoms with Crippen molar-refractivity contribution in [1.82, 2.24) is 9.97 Å². The lowest BCUT2D eigenvalue weighted by Gasteiger charge is -2.10. The first-order chi connectivity index (χ1) is 12.2. The fourth-order valence-corrected chi connectivity index (χ4v) is 4.24. The van der Waals surface area contributed by atoms with Crippen molar-refractivity contribution in [3.05, 3.63) is 56.4 Å². The van der Waals surface area contributed by atoms with Gasteiger partial charge in [0, 0.05) is 11.3 Å². The van der Waals surface area contributed by atoms with Gasteiger partial charge < -0.3 is 10.1 Å². The van der Waals surface area contributed by atoms with Crippen LogP contribution in [0.1, 0.15) is 26.6 Å². The van der Waals surface area contributed by atoms with Crippen LogP contribution in [0.5, 0.6) is 0 Å². The zero-order valence-corrected chi connectivity index (χ0v) is 14.8. The SMILES string of the molecule is Cc1c(C(=O)O)sc2nc(Cc3ccccc3SC(F)(F)F)[nH]c(=O)c12. The minimum atomic E-state index is -4.43. The maximum atomic E-state index is 12.7. The number of carboxylic acid groups (broad SMARTS) is 1. The Balaban J connectivity index is 2.03. The van der Waals surface area contributed by atoms with Gasteiger partial charge in [0.15, 0.2) is 0 Å². The van der Waals surface area contributed by atoms with Crippen molar-refractivity contribution in [3.63, 3.8) is 0 Å². The quantitative estimate of drug-likeness (QED) is 0.642. The van der Waals surface area contributed by atoms with E-state index in [1.807, 2.05) is 0 Å². The molecule has 0 unspecified atom stereocenters. The first kappa shape index (κ1) is 18.5. The molecule has 3 aromatic rings. The molecule has 0 aliphatic carbocycles. The van der Waals surface area contributed by atoms with Crippen LogP contribution in [-0.4, -0.2) is 26.6 Å². The number of carbonyl (C=O) groups is 1. The zero-order chi connectivity index (χ0) is 19.1. The van der Waals surface area contributed by atoms with Gasteiger partial charge in [-0.25, -0.2) is 9.78 Å². The van der Waals surface area contributed by atoms with Crippen LogP contribution >= 0.6 is 23.1 Å². The van der Waals surface area contributed by atoms with E-state index in [4.69, 9.17) is 5.11 Å². The number of alkyl halides is 3. The maximum absolute atomic E-state index is 12.7. The van der Waals surface area contributed by atoms with E-state index in [2.05, 4.69) is 9.97 Å². The van der Waals surface area contributed by atoms with Gasteiger partial charge in [-0.05, 0) is 35.9 Å². The van der Waals surface area contributed by atoms with Crippen LogP contribution in [0.2, 0.25) is 0 Å². The highest BCUT2D eigenvalue weighted by molar-refractivity contribution is 8.00. The van der Waals surface area contributed by atoms with Gasteiger partial charge in [-0.2, -0.15) is 13.2 Å². The minimum absolute atomic E-state index is 0.0101. The molecule has 10 heteroatoms. The molecule has 2 aromatic heterocycles. The summed E-state index contributed by atoms with van der Waals surface area (Å²) in [7, 11) is 0. The van der Waals surface area contributed by atoms with E-state index in [-0.39, 0.29) is 44.0 Å². The summed E-state index contributed by atoms with van der Waals surface area (Å²) in [6.45, 7) is 1.52. The van der Waals surface area contributed by atoms with Gasteiger partial charge in [0.05, 0.1) is 5.39 Å². The average molecular weight is 400 g/mol. The summed E-state index contributed by atoms with van der Waals surface area (Å²) >= 11 is 0.639. The molecule has 5 nitrogen and oxygen atoms in total. The summed E-state index contributed by atoms with van der Waals surface area (Å²) in [5.74, 6) is -0.978. The monoisotopic (exact) mass is 400 g/mol. The Morgan fingerprint density at radius 1 is 1.35 bits per heavy atom. The number of halogens is 3. The maximum Gasteiger partial charge on any atom is 0.446 e. The van der Waals surface area contributed by atoms with Gasteiger partial charge in [0.25, 0.3) is 5.56 Å². The lowest BCUT2D eigenvalue weighted by Crippen LogP contribution is -2.12. The number of aromatic amines is 1. The predicted octanol–water partition coefficient (Wildman–Crippen LogP) is 4.19. The molecule has 26 heavy (non-hydrogen) atoms. The molecule has 3 rings (SSSR count). The van der Waals surface area contributed by atoms with Crippen LogP contribution in [0, 0.1) is 6.92 Å². The molecule has 0 saturated heterocycles. The molecule has 1 aromatic carbocycles. The van der Waals surface area contributed by atoms with Crippen molar-refractivity contribution in [2.45, 2.75) is 23.7 Å². The lowest BCUT2D eigenvalue weighted by atomic mass is 10.1. The van der Waals surface area contributed by atoms with Crippen molar-refractivity contribution < 1.29 is 23.1 Å². The molecule has 0 aliphatic heterocycles. The number of benzene rings is 1. The summed E-state index contributed by atoms with van der Waals surface area (Å²) in [5, 5.41) is 9.36. The van der Waals surface area contributed by atoms with Gasteiger partial charge in [-0.1, -0.05) is 18.2 Å². The van der Waals surface area contributed by atoms with Gasteiger partial charge in [0.2, 0.25) is 0 Å². The number of thioether (sulfide) groups is 1. The molecule has 136 valence electrons. The summed E-state index contributed by atoms with van der Waals surface area (Å²) < 4.78 is 38.1. The molecule has 2 N–H and O–H groups in total. The second-order valence-corrected chi connectivity index (χ2v) is 7.49. The highest BCUT2D eigenvalue weighted by atomic mass is 32.2. The van der Waals surface area contributed by atoms with E-state index in [9.17, 15) is 22.8 Å². The Morgan fingerprint density at radius 2 is 2.04 bits per heavy atom. The Kier molecular flexibility index (Phi) is 4.80. The number of fused-ring (bicyclic) bond motifs is 1. The summed E-state index contributed by atoms with van der Waals surface area (Å²) in [4.78, 5) is 30.6. The normalized spacial score (nSPS) is 11.8. The van der Waals surface area contributed by atoms with Crippen LogP contribution in [0.3, 0.4) is 0 Å². The lowest BCUT2D eigenvalue weighted by molar-refractivity contribution is -0.0328. The Bertz CT molecular complexity index is 1060. The summed E-state index contributed by atoms with van der Waals surface area (Å²) in [5.41, 5.74) is -4.25. The Labute approximate surface area is 152 Å². The molecule has 0 radical (unpaired) electrons. The summed E-state index contributed by atoms with van der Waals surface area (Å²) in [6, 6.07) is 5.98. The van der Waals surface area contributed by atoms with Gasteiger partial charge >= 0.3 is 11.5 Å². The van der Waals surface area contributed by atoms with Crippen molar-refractivity contribution in [2.75, 3.05) is 0 Å². The number of nitrogens with one attached hydrogen (secondary N) is 1. The van der Waals surface area contributed by atoms with Crippen molar-refractivity contribution in [1.29, 1.82) is 0 Å². The first-order valence-corrected chi connectivity index (χ1v) is 8.88. The van der Waals surface area contributed by atoms with E-state index >= 15 is 0 Å². The standard InChI is InChI=1S/C16H11F3N2O3S2/c1-7-11-13(22)20-10(21-14(11)25-12(7)15(23)24)6-8-4-2-3-5-9(8)26-16(17,18)19/h2-5H,6H2,1H3,(H,23,24)(H,20,21,22). The third-order valence-electron chi connectivity index (χ3n) is 3.60. The highest BCUT2D eigenvalue weighted by Gasteiger charge is 2.30. The van der Waals surface area contributed by atoms with Crippen molar-refractivity contribution in [2.24, 2.45) is 0 Å². The molecular formula is C16H11F3N2O3S2. The van der Waals surface area contributed by atoms with E-state index < -0.39 is 17.0 Å². The van der Waals surface area contributed by atoms with Crippen LogP contribution < -0.4 is 5.56 Å². The van der Waals surface area contributed by atoms with Gasteiger partial charge in [-0.15, -0.1) is 11.3 Å². The third-order valence-corrected chi connectivity index (χ3v) is 5.62. The van der Waals surface area contributed by atoms with Crippen LogP contribution in [0.15, 0.2) is 34.0 Å². The number of hydrogen-bond donors (Lipinski definition) is 2. The third kappa shape index (κ3) is 3.75. The number of H-pyrrole nitrogens is 1. The molecule has 0 aliphatic rings. The number of rotatable bonds is 4. The topological polar surface area (TPSA) is 83.0 Å². The van der Waals surface area contributed by atoms with Crippen LogP contribution in [-0.2, 0) is 6.42 Å². The second-order valence-electron chi connectivity index (χ2n) is 5.39. The molecule has 0 bridgehead atoms. The first-order valence-electron chi connectivity index (χ1n) is 7.25. The number of aryl methyl sites for hydroxylation is 1. The number of aromatic nitrogens is 2. The molecule has 2 heterocycles. The predicted molar refractivity (Wildman–Crippen MR) is 93.1 cm³/mol. The molecule has 0 spiro atoms. The number of hydrogen-bond acceptors (Lipinski definition) is 5. The number of thiophene rings is 1. The van der Waals surface area contributed by atoms with Crippen LogP contribution in [0.4, 0.5) is 13.2 Å². The van der Waals surface area contributed by atoms with E-state index in [1.165, 1.54) is 25.1 Å². The number of aromatic carboxylic acids is 1. The highest BCUT2D eigenvalue weighted by Crippen LogP contribution is 2.39. The van der Waals surface area contributed by atoms with Gasteiger partial charge in [-0.3, -0.25) is 4.79 Å². The zero-order valence-electron chi connectivity index (χ0n) is 13.2. The Hall–Kier alpha value is -2.33. The fourth-order valence-electron chi connectivity index (χ4n) is 2.53. The molecule has 0 saturated carbocycles. The Morgan fingerprint density at radius 3 is 2.69 bits per heavy atom. The molecular weight excluding hydrogens is 389 g/mol. The average Bonchev–Trinajstić information content (AvgIpc) is 2.85. The van der Waals surface area contributed by atoms with E-state index in [0.29, 0.717) is 11.1 Å². The number of nitrogens with zero attached hydrogens (tertiary/aromatic N) is 1. The molecule has 0 fully saturated rings. The van der Waals surface area contributed by atoms with E-state index in [1.54, 1.807) is 6.07 Å². The van der Waals surface area contributed by atoms with Gasteiger partial charge in [0.1, 0.15) is 15.5 Å². The van der Waals surface area contributed by atoms with E-state index in [0.717, 1.165) is 11.3 Å². The van der Waals surface area contributed by atoms with Crippen molar-refractivity contribution in [3.8, 4) is 0 Å². The van der Waals surface area contributed by atoms with Crippen molar-refractivity contribution >= 4 is 39.3 Å². The molecule has 0 atom stereocenters.